The summed E-state index contributed by atoms with van der Waals surface area (Å²) in [4.78, 5) is 2.68. The van der Waals surface area contributed by atoms with Crippen molar-refractivity contribution in [1.29, 1.82) is 0 Å². The van der Waals surface area contributed by atoms with Crippen LogP contribution in [0.4, 0.5) is 5.69 Å². The van der Waals surface area contributed by atoms with Crippen LogP contribution in [0.1, 0.15) is 51.7 Å². The maximum Gasteiger partial charge on any atom is 0.0419 e. The molecule has 1 aliphatic rings. The smallest absolute Gasteiger partial charge is 0.0419 e. The molecule has 0 bridgehead atoms. The van der Waals surface area contributed by atoms with Crippen LogP contribution in [0, 0.1) is 5.92 Å². The molecular weight excluding hydrogens is 244 g/mol. The SMILES string of the molecule is CCC(CC)N(Cc1cccc2c1NCC2)CC(C)C. The molecule has 1 aromatic rings. The van der Waals surface area contributed by atoms with E-state index in [2.05, 4.69) is 56.1 Å². The highest BCUT2D eigenvalue weighted by atomic mass is 15.2. The van der Waals surface area contributed by atoms with Gasteiger partial charge in [0.1, 0.15) is 0 Å². The minimum Gasteiger partial charge on any atom is -0.384 e. The number of rotatable bonds is 7. The molecule has 1 aromatic carbocycles. The molecule has 0 unspecified atom stereocenters. The molecular formula is C18H30N2. The van der Waals surface area contributed by atoms with E-state index in [1.54, 1.807) is 0 Å². The van der Waals surface area contributed by atoms with E-state index < -0.39 is 0 Å². The third-order valence-corrected chi connectivity index (χ3v) is 4.37. The van der Waals surface area contributed by atoms with Crippen LogP contribution in [-0.4, -0.2) is 24.0 Å². The fraction of sp³-hybridized carbons (Fsp3) is 0.667. The van der Waals surface area contributed by atoms with Gasteiger partial charge in [0, 0.05) is 31.4 Å². The molecule has 0 saturated carbocycles. The van der Waals surface area contributed by atoms with Gasteiger partial charge in [-0.25, -0.2) is 0 Å². The van der Waals surface area contributed by atoms with Crippen LogP contribution < -0.4 is 5.32 Å². The Morgan fingerprint density at radius 3 is 2.60 bits per heavy atom. The Bertz CT molecular complexity index is 421. The van der Waals surface area contributed by atoms with Crippen LogP contribution in [0.5, 0.6) is 0 Å². The van der Waals surface area contributed by atoms with Gasteiger partial charge in [0.15, 0.2) is 0 Å². The predicted octanol–water partition coefficient (Wildman–Crippen LogP) is 4.30. The van der Waals surface area contributed by atoms with Crippen molar-refractivity contribution >= 4 is 5.69 Å². The summed E-state index contributed by atoms with van der Waals surface area (Å²) in [6, 6.07) is 7.49. The van der Waals surface area contributed by atoms with Gasteiger partial charge in [0.05, 0.1) is 0 Å². The molecule has 0 radical (unpaired) electrons. The Balaban J connectivity index is 2.17. The summed E-state index contributed by atoms with van der Waals surface area (Å²) < 4.78 is 0. The third kappa shape index (κ3) is 3.54. The predicted molar refractivity (Wildman–Crippen MR) is 88.3 cm³/mol. The largest absolute Gasteiger partial charge is 0.384 e. The van der Waals surface area contributed by atoms with Crippen molar-refractivity contribution in [3.05, 3.63) is 29.3 Å². The van der Waals surface area contributed by atoms with Gasteiger partial charge in [-0.15, -0.1) is 0 Å². The van der Waals surface area contributed by atoms with Crippen molar-refractivity contribution < 1.29 is 0 Å². The van der Waals surface area contributed by atoms with Crippen LogP contribution >= 0.6 is 0 Å². The van der Waals surface area contributed by atoms with Gasteiger partial charge < -0.3 is 5.32 Å². The van der Waals surface area contributed by atoms with Crippen molar-refractivity contribution in [1.82, 2.24) is 4.90 Å². The van der Waals surface area contributed by atoms with Crippen molar-refractivity contribution in [2.24, 2.45) is 5.92 Å². The van der Waals surface area contributed by atoms with Gasteiger partial charge in [-0.2, -0.15) is 0 Å². The molecule has 112 valence electrons. The fourth-order valence-electron chi connectivity index (χ4n) is 3.38. The summed E-state index contributed by atoms with van der Waals surface area (Å²) in [5, 5.41) is 3.58. The minimum absolute atomic E-state index is 0.703. The number of nitrogens with one attached hydrogen (secondary N) is 1. The molecule has 1 heterocycles. The normalized spacial score (nSPS) is 14.2. The van der Waals surface area contributed by atoms with Gasteiger partial charge >= 0.3 is 0 Å². The highest BCUT2D eigenvalue weighted by Gasteiger charge is 2.20. The number of benzene rings is 1. The number of fused-ring (bicyclic) bond motifs is 1. The van der Waals surface area contributed by atoms with Crippen LogP contribution in [0.3, 0.4) is 0 Å². The zero-order valence-electron chi connectivity index (χ0n) is 13.6. The van der Waals surface area contributed by atoms with Gasteiger partial charge in [0.25, 0.3) is 0 Å². The fourth-order valence-corrected chi connectivity index (χ4v) is 3.38. The Labute approximate surface area is 124 Å². The first-order valence-corrected chi connectivity index (χ1v) is 8.24. The Kier molecular flexibility index (Phi) is 5.47. The summed E-state index contributed by atoms with van der Waals surface area (Å²) in [6.07, 6.45) is 3.66. The molecule has 2 nitrogen and oxygen atoms in total. The lowest BCUT2D eigenvalue weighted by atomic mass is 10.0. The molecule has 0 aliphatic carbocycles. The second kappa shape index (κ2) is 7.12. The van der Waals surface area contributed by atoms with Crippen LogP contribution in [-0.2, 0) is 13.0 Å². The second-order valence-corrected chi connectivity index (χ2v) is 6.42. The molecule has 0 aromatic heterocycles. The van der Waals surface area contributed by atoms with E-state index in [4.69, 9.17) is 0 Å². The minimum atomic E-state index is 0.703. The van der Waals surface area contributed by atoms with Gasteiger partial charge in [-0.1, -0.05) is 45.9 Å². The average Bonchev–Trinajstić information content (AvgIpc) is 2.88. The zero-order valence-corrected chi connectivity index (χ0v) is 13.6. The zero-order chi connectivity index (χ0) is 14.5. The molecule has 0 fully saturated rings. The van der Waals surface area contributed by atoms with Crippen molar-refractivity contribution in [3.8, 4) is 0 Å². The third-order valence-electron chi connectivity index (χ3n) is 4.37. The molecule has 20 heavy (non-hydrogen) atoms. The second-order valence-electron chi connectivity index (χ2n) is 6.42. The Hall–Kier alpha value is -1.02. The molecule has 0 saturated heterocycles. The standard InChI is InChI=1S/C18H30N2/c1-5-17(6-2)20(12-14(3)4)13-16-9-7-8-15-10-11-19-18(15)16/h7-9,14,17,19H,5-6,10-13H2,1-4H3. The lowest BCUT2D eigenvalue weighted by Crippen LogP contribution is -2.36. The summed E-state index contributed by atoms with van der Waals surface area (Å²) >= 11 is 0. The first-order chi connectivity index (χ1) is 9.65. The van der Waals surface area contributed by atoms with E-state index in [-0.39, 0.29) is 0 Å². The van der Waals surface area contributed by atoms with Crippen molar-refractivity contribution in [3.63, 3.8) is 0 Å². The molecule has 2 heteroatoms. The van der Waals surface area contributed by atoms with Crippen molar-refractivity contribution in [2.75, 3.05) is 18.4 Å². The lowest BCUT2D eigenvalue weighted by molar-refractivity contribution is 0.158. The Morgan fingerprint density at radius 2 is 1.95 bits per heavy atom. The average molecular weight is 274 g/mol. The number of nitrogens with zero attached hydrogens (tertiary/aromatic N) is 1. The van der Waals surface area contributed by atoms with E-state index in [1.807, 2.05) is 0 Å². The summed E-state index contributed by atoms with van der Waals surface area (Å²) in [7, 11) is 0. The molecule has 0 spiro atoms. The van der Waals surface area contributed by atoms with Crippen LogP contribution in [0.2, 0.25) is 0 Å². The van der Waals surface area contributed by atoms with Gasteiger partial charge in [0.2, 0.25) is 0 Å². The van der Waals surface area contributed by atoms with E-state index in [0.29, 0.717) is 6.04 Å². The van der Waals surface area contributed by atoms with Crippen LogP contribution in [0.25, 0.3) is 0 Å². The van der Waals surface area contributed by atoms with Crippen molar-refractivity contribution in [2.45, 2.75) is 59.5 Å². The summed E-state index contributed by atoms with van der Waals surface area (Å²) in [5.41, 5.74) is 4.39. The quantitative estimate of drug-likeness (QED) is 0.797. The number of anilines is 1. The van der Waals surface area contributed by atoms with Gasteiger partial charge in [-0.05, 0) is 36.3 Å². The summed E-state index contributed by atoms with van der Waals surface area (Å²) in [6.45, 7) is 12.6. The highest BCUT2D eigenvalue weighted by Crippen LogP contribution is 2.28. The number of para-hydroxylation sites is 1. The number of hydrogen-bond acceptors (Lipinski definition) is 2. The highest BCUT2D eigenvalue weighted by molar-refractivity contribution is 5.61. The first kappa shape index (κ1) is 15.4. The van der Waals surface area contributed by atoms with Crippen LogP contribution in [0.15, 0.2) is 18.2 Å². The van der Waals surface area contributed by atoms with E-state index in [9.17, 15) is 0 Å². The van der Waals surface area contributed by atoms with Gasteiger partial charge in [-0.3, -0.25) is 4.90 Å². The Morgan fingerprint density at radius 1 is 1.20 bits per heavy atom. The molecule has 1 N–H and O–H groups in total. The monoisotopic (exact) mass is 274 g/mol. The van der Waals surface area contributed by atoms with E-state index in [0.717, 1.165) is 19.0 Å². The van der Waals surface area contributed by atoms with E-state index in [1.165, 1.54) is 42.6 Å². The maximum absolute atomic E-state index is 3.58. The maximum atomic E-state index is 3.58. The van der Waals surface area contributed by atoms with E-state index >= 15 is 0 Å². The lowest BCUT2D eigenvalue weighted by Gasteiger charge is -2.32. The molecule has 0 amide bonds. The first-order valence-electron chi connectivity index (χ1n) is 8.24. The molecule has 2 rings (SSSR count). The molecule has 1 aliphatic heterocycles. The topological polar surface area (TPSA) is 15.3 Å². The number of hydrogen-bond donors (Lipinski definition) is 1. The molecule has 0 atom stereocenters. The summed E-state index contributed by atoms with van der Waals surface area (Å²) in [5.74, 6) is 0.723.